The van der Waals surface area contributed by atoms with Gasteiger partial charge in [-0.3, -0.25) is 4.21 Å². The summed E-state index contributed by atoms with van der Waals surface area (Å²) in [6, 6.07) is 11.8. The first-order chi connectivity index (χ1) is 14.8. The van der Waals surface area contributed by atoms with Gasteiger partial charge in [-0.1, -0.05) is 19.1 Å². The van der Waals surface area contributed by atoms with Crippen molar-refractivity contribution < 1.29 is 9.32 Å². The van der Waals surface area contributed by atoms with Crippen LogP contribution in [0.1, 0.15) is 44.9 Å². The maximum atomic E-state index is 12.4. The van der Waals surface area contributed by atoms with Crippen molar-refractivity contribution in [2.75, 3.05) is 17.2 Å². The van der Waals surface area contributed by atoms with Gasteiger partial charge in [0.25, 0.3) is 0 Å². The molecule has 1 aliphatic carbocycles. The molecule has 0 amide bonds. The number of rotatable bonds is 5. The SMILES string of the molecule is CC[S@](=O)c1ccc2c(c1)N(c1ncc(-c3cccc(C(C)(C)O)n3)cn1)CC21CC1. The molecule has 3 heterocycles. The van der Waals surface area contributed by atoms with Gasteiger partial charge in [-0.15, -0.1) is 0 Å². The highest BCUT2D eigenvalue weighted by molar-refractivity contribution is 7.85. The average Bonchev–Trinajstić information content (AvgIpc) is 3.49. The van der Waals surface area contributed by atoms with Crippen molar-refractivity contribution in [3.8, 4) is 11.3 Å². The summed E-state index contributed by atoms with van der Waals surface area (Å²) in [4.78, 5) is 16.9. The molecule has 160 valence electrons. The molecule has 2 aliphatic rings. The number of pyridine rings is 1. The van der Waals surface area contributed by atoms with Crippen molar-refractivity contribution in [2.45, 2.75) is 49.5 Å². The number of aliphatic hydroxyl groups is 1. The van der Waals surface area contributed by atoms with Crippen LogP contribution in [-0.4, -0.2) is 36.6 Å². The number of anilines is 2. The third-order valence-electron chi connectivity index (χ3n) is 6.22. The molecule has 7 heteroatoms. The quantitative estimate of drug-likeness (QED) is 0.652. The van der Waals surface area contributed by atoms with E-state index in [-0.39, 0.29) is 5.41 Å². The van der Waals surface area contributed by atoms with Gasteiger partial charge in [0.15, 0.2) is 0 Å². The molecule has 1 saturated carbocycles. The minimum Gasteiger partial charge on any atom is -0.384 e. The molecule has 1 aromatic carbocycles. The van der Waals surface area contributed by atoms with Crippen LogP contribution in [0, 0.1) is 0 Å². The normalized spacial score (nSPS) is 17.6. The van der Waals surface area contributed by atoms with Gasteiger partial charge in [-0.2, -0.15) is 0 Å². The topological polar surface area (TPSA) is 79.2 Å². The first kappa shape index (κ1) is 20.3. The summed E-state index contributed by atoms with van der Waals surface area (Å²) < 4.78 is 12.4. The summed E-state index contributed by atoms with van der Waals surface area (Å²) in [5.41, 5.74) is 3.71. The number of hydrogen-bond donors (Lipinski definition) is 1. The summed E-state index contributed by atoms with van der Waals surface area (Å²) in [5.74, 6) is 1.25. The number of benzene rings is 1. The van der Waals surface area contributed by atoms with Gasteiger partial charge in [0.2, 0.25) is 5.95 Å². The summed E-state index contributed by atoms with van der Waals surface area (Å²) in [5, 5.41) is 10.3. The van der Waals surface area contributed by atoms with Crippen LogP contribution in [0.2, 0.25) is 0 Å². The summed E-state index contributed by atoms with van der Waals surface area (Å²) in [7, 11) is -0.993. The fraction of sp³-hybridized carbons (Fsp3) is 0.375. The van der Waals surface area contributed by atoms with Crippen LogP contribution in [0.25, 0.3) is 11.3 Å². The van der Waals surface area contributed by atoms with E-state index in [0.717, 1.165) is 28.4 Å². The molecule has 0 unspecified atom stereocenters. The zero-order chi connectivity index (χ0) is 21.8. The zero-order valence-electron chi connectivity index (χ0n) is 18.0. The molecule has 0 bridgehead atoms. The van der Waals surface area contributed by atoms with Gasteiger partial charge in [-0.25, -0.2) is 15.0 Å². The van der Waals surface area contributed by atoms with Crippen LogP contribution < -0.4 is 4.90 Å². The number of hydrogen-bond acceptors (Lipinski definition) is 6. The summed E-state index contributed by atoms with van der Waals surface area (Å²) in [6.07, 6.45) is 5.89. The van der Waals surface area contributed by atoms with E-state index in [1.54, 1.807) is 26.2 Å². The van der Waals surface area contributed by atoms with E-state index in [4.69, 9.17) is 0 Å². The maximum Gasteiger partial charge on any atom is 0.229 e. The van der Waals surface area contributed by atoms with Crippen molar-refractivity contribution in [3.63, 3.8) is 0 Å². The largest absolute Gasteiger partial charge is 0.384 e. The highest BCUT2D eigenvalue weighted by Crippen LogP contribution is 2.57. The Morgan fingerprint density at radius 2 is 1.90 bits per heavy atom. The minimum absolute atomic E-state index is 0.187. The molecule has 0 saturated heterocycles. The first-order valence-corrected chi connectivity index (χ1v) is 12.0. The van der Waals surface area contributed by atoms with Crippen molar-refractivity contribution in [1.82, 2.24) is 15.0 Å². The molecular formula is C24H26N4O2S. The molecular weight excluding hydrogens is 408 g/mol. The molecule has 1 fully saturated rings. The Morgan fingerprint density at radius 1 is 1.16 bits per heavy atom. The minimum atomic E-state index is -1.01. The molecule has 1 aliphatic heterocycles. The zero-order valence-corrected chi connectivity index (χ0v) is 18.8. The molecule has 1 atom stereocenters. The predicted molar refractivity (Wildman–Crippen MR) is 122 cm³/mol. The predicted octanol–water partition coefficient (Wildman–Crippen LogP) is 4.08. The highest BCUT2D eigenvalue weighted by Gasteiger charge is 2.52. The summed E-state index contributed by atoms with van der Waals surface area (Å²) >= 11 is 0. The van der Waals surface area contributed by atoms with Crippen LogP contribution >= 0.6 is 0 Å². The van der Waals surface area contributed by atoms with Crippen molar-refractivity contribution in [2.24, 2.45) is 0 Å². The van der Waals surface area contributed by atoms with E-state index in [2.05, 4.69) is 25.9 Å². The second kappa shape index (κ2) is 7.21. The van der Waals surface area contributed by atoms with Crippen LogP contribution in [0.4, 0.5) is 11.6 Å². The molecule has 3 aromatic rings. The Balaban J connectivity index is 1.48. The lowest BCUT2D eigenvalue weighted by molar-refractivity contribution is 0.0740. The second-order valence-corrected chi connectivity index (χ2v) is 10.7. The Morgan fingerprint density at radius 3 is 2.55 bits per heavy atom. The van der Waals surface area contributed by atoms with Gasteiger partial charge in [-0.05, 0) is 56.5 Å². The Bertz CT molecular complexity index is 1170. The van der Waals surface area contributed by atoms with Crippen LogP contribution in [-0.2, 0) is 21.8 Å². The summed E-state index contributed by atoms with van der Waals surface area (Å²) in [6.45, 7) is 6.23. The third-order valence-corrected chi connectivity index (χ3v) is 7.53. The maximum absolute atomic E-state index is 12.4. The van der Waals surface area contributed by atoms with Crippen LogP contribution in [0.3, 0.4) is 0 Å². The molecule has 2 aromatic heterocycles. The van der Waals surface area contributed by atoms with E-state index in [1.807, 2.05) is 37.3 Å². The molecule has 6 nitrogen and oxygen atoms in total. The van der Waals surface area contributed by atoms with Crippen molar-refractivity contribution >= 4 is 22.4 Å². The Labute approximate surface area is 184 Å². The van der Waals surface area contributed by atoms with E-state index in [1.165, 1.54) is 18.4 Å². The Kier molecular flexibility index (Phi) is 4.71. The Hall–Kier alpha value is -2.64. The van der Waals surface area contributed by atoms with E-state index in [0.29, 0.717) is 17.4 Å². The molecule has 5 rings (SSSR count). The van der Waals surface area contributed by atoms with Crippen LogP contribution in [0.5, 0.6) is 0 Å². The van der Waals surface area contributed by atoms with Crippen molar-refractivity contribution in [1.29, 1.82) is 0 Å². The number of aromatic nitrogens is 3. The van der Waals surface area contributed by atoms with Gasteiger partial charge >= 0.3 is 0 Å². The highest BCUT2D eigenvalue weighted by atomic mass is 32.2. The second-order valence-electron chi connectivity index (χ2n) is 8.92. The lowest BCUT2D eigenvalue weighted by atomic mass is 9.99. The third kappa shape index (κ3) is 3.55. The lowest BCUT2D eigenvalue weighted by Gasteiger charge is -2.19. The van der Waals surface area contributed by atoms with Gasteiger partial charge < -0.3 is 10.0 Å². The molecule has 1 N–H and O–H groups in total. The average molecular weight is 435 g/mol. The van der Waals surface area contributed by atoms with Gasteiger partial charge in [0, 0.05) is 46.3 Å². The smallest absolute Gasteiger partial charge is 0.229 e. The first-order valence-electron chi connectivity index (χ1n) is 10.6. The van der Waals surface area contributed by atoms with Crippen molar-refractivity contribution in [3.05, 3.63) is 60.0 Å². The van der Waals surface area contributed by atoms with E-state index in [9.17, 15) is 9.32 Å². The lowest BCUT2D eigenvalue weighted by Crippen LogP contribution is -2.21. The molecule has 1 spiro atoms. The van der Waals surface area contributed by atoms with Gasteiger partial charge in [0.1, 0.15) is 5.60 Å². The monoisotopic (exact) mass is 434 g/mol. The van der Waals surface area contributed by atoms with Crippen LogP contribution in [0.15, 0.2) is 53.7 Å². The standard InChI is InChI=1S/C24H26N4O2S/c1-4-31(30)17-8-9-18-20(12-17)28(15-24(18)10-11-24)22-25-13-16(14-26-22)19-6-5-7-21(27-19)23(2,3)29/h5-9,12-14,29H,4,10-11,15H2,1-3H3/t31-/m0/s1. The van der Waals surface area contributed by atoms with E-state index >= 15 is 0 Å². The molecule has 31 heavy (non-hydrogen) atoms. The fourth-order valence-electron chi connectivity index (χ4n) is 4.25. The number of fused-ring (bicyclic) bond motifs is 2. The van der Waals surface area contributed by atoms with E-state index < -0.39 is 16.4 Å². The fourth-order valence-corrected chi connectivity index (χ4v) is 5.05. The molecule has 0 radical (unpaired) electrons. The number of nitrogens with zero attached hydrogens (tertiary/aromatic N) is 4. The van der Waals surface area contributed by atoms with Gasteiger partial charge in [0.05, 0.1) is 22.2 Å².